The van der Waals surface area contributed by atoms with Gasteiger partial charge in [0.25, 0.3) is 11.8 Å². The van der Waals surface area contributed by atoms with E-state index in [9.17, 15) is 9.59 Å². The fraction of sp³-hybridized carbons (Fsp3) is 0.409. The van der Waals surface area contributed by atoms with E-state index in [1.807, 2.05) is 29.2 Å². The number of piperidine rings is 1. The first-order chi connectivity index (χ1) is 12.8. The number of benzene rings is 1. The van der Waals surface area contributed by atoms with Crippen molar-refractivity contribution in [1.29, 1.82) is 0 Å². The number of amides is 2. The van der Waals surface area contributed by atoms with Crippen LogP contribution in [0.5, 0.6) is 0 Å². The van der Waals surface area contributed by atoms with Gasteiger partial charge in [0.05, 0.1) is 5.56 Å². The maximum absolute atomic E-state index is 12.5. The van der Waals surface area contributed by atoms with Gasteiger partial charge in [0, 0.05) is 37.1 Å². The highest BCUT2D eigenvalue weighted by Crippen LogP contribution is 2.22. The lowest BCUT2D eigenvalue weighted by Crippen LogP contribution is -2.46. The van der Waals surface area contributed by atoms with E-state index in [0.717, 1.165) is 12.8 Å². The van der Waals surface area contributed by atoms with Gasteiger partial charge in [0.2, 0.25) is 0 Å². The lowest BCUT2D eigenvalue weighted by molar-refractivity contribution is 0.0697. The minimum Gasteiger partial charge on any atom is -0.349 e. The predicted molar refractivity (Wildman–Crippen MR) is 106 cm³/mol. The summed E-state index contributed by atoms with van der Waals surface area (Å²) < 4.78 is 0. The average Bonchev–Trinajstić information content (AvgIpc) is 2.68. The third kappa shape index (κ3) is 4.73. The van der Waals surface area contributed by atoms with E-state index < -0.39 is 0 Å². The molecule has 1 aromatic carbocycles. The van der Waals surface area contributed by atoms with Crippen molar-refractivity contribution in [2.24, 2.45) is 0 Å². The summed E-state index contributed by atoms with van der Waals surface area (Å²) in [5.74, 6) is -0.0434. The minimum atomic E-state index is -0.0486. The first kappa shape index (κ1) is 19.1. The molecule has 0 atom stereocenters. The molecule has 5 heteroatoms. The van der Waals surface area contributed by atoms with E-state index in [2.05, 4.69) is 31.1 Å². The summed E-state index contributed by atoms with van der Waals surface area (Å²) in [4.78, 5) is 30.8. The number of pyridine rings is 1. The highest BCUT2D eigenvalue weighted by Gasteiger charge is 2.25. The van der Waals surface area contributed by atoms with Crippen LogP contribution in [0.3, 0.4) is 0 Å². The van der Waals surface area contributed by atoms with Gasteiger partial charge in [0.1, 0.15) is 0 Å². The van der Waals surface area contributed by atoms with Crippen LogP contribution in [0.15, 0.2) is 48.8 Å². The number of hydrogen-bond donors (Lipinski definition) is 1. The van der Waals surface area contributed by atoms with Crippen LogP contribution in [-0.2, 0) is 5.41 Å². The predicted octanol–water partition coefficient (Wildman–Crippen LogP) is 3.41. The molecule has 0 aliphatic carbocycles. The van der Waals surface area contributed by atoms with Gasteiger partial charge >= 0.3 is 0 Å². The summed E-state index contributed by atoms with van der Waals surface area (Å²) in [7, 11) is 0. The largest absolute Gasteiger partial charge is 0.349 e. The van der Waals surface area contributed by atoms with Crippen LogP contribution in [-0.4, -0.2) is 40.8 Å². The monoisotopic (exact) mass is 365 g/mol. The van der Waals surface area contributed by atoms with E-state index in [4.69, 9.17) is 0 Å². The van der Waals surface area contributed by atoms with Crippen LogP contribution < -0.4 is 5.32 Å². The van der Waals surface area contributed by atoms with Gasteiger partial charge in [-0.15, -0.1) is 0 Å². The summed E-state index contributed by atoms with van der Waals surface area (Å²) in [6, 6.07) is 11.5. The van der Waals surface area contributed by atoms with Crippen molar-refractivity contribution in [2.75, 3.05) is 13.1 Å². The van der Waals surface area contributed by atoms with Crippen molar-refractivity contribution >= 4 is 11.8 Å². The van der Waals surface area contributed by atoms with Crippen LogP contribution in [0.1, 0.15) is 59.9 Å². The minimum absolute atomic E-state index is 0.00523. The molecule has 1 N–H and O–H groups in total. The standard InChI is InChI=1S/C22H27N3O2/c1-22(2,3)18-8-6-16(7-9-18)20(26)24-19-10-13-25(14-11-19)21(27)17-5-4-12-23-15-17/h4-9,12,15,19H,10-11,13-14H2,1-3H3,(H,24,26). The number of nitrogens with one attached hydrogen (secondary N) is 1. The first-order valence-corrected chi connectivity index (χ1v) is 9.45. The van der Waals surface area contributed by atoms with Gasteiger partial charge in [-0.05, 0) is 48.1 Å². The van der Waals surface area contributed by atoms with Crippen molar-refractivity contribution < 1.29 is 9.59 Å². The molecule has 2 aromatic rings. The number of carbonyl (C=O) groups is 2. The Bertz CT molecular complexity index is 787. The molecular weight excluding hydrogens is 338 g/mol. The molecule has 3 rings (SSSR count). The summed E-state index contributed by atoms with van der Waals surface area (Å²) in [6.45, 7) is 7.75. The summed E-state index contributed by atoms with van der Waals surface area (Å²) in [5, 5.41) is 3.10. The summed E-state index contributed by atoms with van der Waals surface area (Å²) >= 11 is 0. The van der Waals surface area contributed by atoms with Gasteiger partial charge in [0.15, 0.2) is 0 Å². The lowest BCUT2D eigenvalue weighted by Gasteiger charge is -2.32. The Kier molecular flexibility index (Phi) is 5.59. The Morgan fingerprint density at radius 3 is 2.26 bits per heavy atom. The molecule has 0 spiro atoms. The lowest BCUT2D eigenvalue weighted by atomic mass is 9.86. The highest BCUT2D eigenvalue weighted by atomic mass is 16.2. The van der Waals surface area contributed by atoms with Gasteiger partial charge < -0.3 is 10.2 Å². The summed E-state index contributed by atoms with van der Waals surface area (Å²) in [6.07, 6.45) is 4.78. The van der Waals surface area contributed by atoms with Crippen molar-refractivity contribution in [1.82, 2.24) is 15.2 Å². The topological polar surface area (TPSA) is 62.3 Å². The molecular formula is C22H27N3O2. The Morgan fingerprint density at radius 2 is 1.70 bits per heavy atom. The Morgan fingerprint density at radius 1 is 1.04 bits per heavy atom. The number of rotatable bonds is 3. The zero-order valence-electron chi connectivity index (χ0n) is 16.2. The van der Waals surface area contributed by atoms with Crippen LogP contribution in [0.4, 0.5) is 0 Å². The SMILES string of the molecule is CC(C)(C)c1ccc(C(=O)NC2CCN(C(=O)c3cccnc3)CC2)cc1. The molecule has 0 saturated carbocycles. The normalized spacial score (nSPS) is 15.4. The van der Waals surface area contributed by atoms with Crippen LogP contribution >= 0.6 is 0 Å². The first-order valence-electron chi connectivity index (χ1n) is 9.45. The van der Waals surface area contributed by atoms with Gasteiger partial charge in [-0.2, -0.15) is 0 Å². The zero-order valence-corrected chi connectivity index (χ0v) is 16.2. The molecule has 0 radical (unpaired) electrons. The van der Waals surface area contributed by atoms with Gasteiger partial charge in [-0.1, -0.05) is 32.9 Å². The Hall–Kier alpha value is -2.69. The highest BCUT2D eigenvalue weighted by molar-refractivity contribution is 5.95. The molecule has 2 heterocycles. The molecule has 1 saturated heterocycles. The fourth-order valence-corrected chi connectivity index (χ4v) is 3.29. The van der Waals surface area contributed by atoms with Crippen molar-refractivity contribution in [3.05, 3.63) is 65.5 Å². The van der Waals surface area contributed by atoms with E-state index >= 15 is 0 Å². The molecule has 0 unspecified atom stereocenters. The van der Waals surface area contributed by atoms with Crippen LogP contribution in [0.25, 0.3) is 0 Å². The van der Waals surface area contributed by atoms with Crippen molar-refractivity contribution in [3.8, 4) is 0 Å². The van der Waals surface area contributed by atoms with Gasteiger partial charge in [-0.25, -0.2) is 0 Å². The van der Waals surface area contributed by atoms with Gasteiger partial charge in [-0.3, -0.25) is 14.6 Å². The number of aromatic nitrogens is 1. The average molecular weight is 365 g/mol. The molecule has 27 heavy (non-hydrogen) atoms. The number of nitrogens with zero attached hydrogens (tertiary/aromatic N) is 2. The third-order valence-corrected chi connectivity index (χ3v) is 5.04. The van der Waals surface area contributed by atoms with E-state index in [1.165, 1.54) is 5.56 Å². The molecule has 2 amide bonds. The maximum Gasteiger partial charge on any atom is 0.255 e. The second-order valence-corrected chi connectivity index (χ2v) is 8.11. The van der Waals surface area contributed by atoms with Crippen molar-refractivity contribution in [2.45, 2.75) is 45.1 Å². The molecule has 1 fully saturated rings. The molecule has 1 aliphatic rings. The second kappa shape index (κ2) is 7.91. The van der Waals surface area contributed by atoms with E-state index in [-0.39, 0.29) is 23.3 Å². The molecule has 5 nitrogen and oxygen atoms in total. The third-order valence-electron chi connectivity index (χ3n) is 5.04. The van der Waals surface area contributed by atoms with E-state index in [0.29, 0.717) is 24.2 Å². The van der Waals surface area contributed by atoms with Crippen LogP contribution in [0.2, 0.25) is 0 Å². The summed E-state index contributed by atoms with van der Waals surface area (Å²) in [5.41, 5.74) is 2.57. The second-order valence-electron chi connectivity index (χ2n) is 8.11. The molecule has 1 aromatic heterocycles. The van der Waals surface area contributed by atoms with E-state index in [1.54, 1.807) is 24.5 Å². The van der Waals surface area contributed by atoms with Crippen LogP contribution in [0, 0.1) is 0 Å². The number of hydrogen-bond acceptors (Lipinski definition) is 3. The number of likely N-dealkylation sites (tertiary alicyclic amines) is 1. The maximum atomic E-state index is 12.5. The number of carbonyl (C=O) groups excluding carboxylic acids is 2. The Balaban J connectivity index is 1.53. The zero-order chi connectivity index (χ0) is 19.4. The fourth-order valence-electron chi connectivity index (χ4n) is 3.29. The quantitative estimate of drug-likeness (QED) is 0.907. The molecule has 1 aliphatic heterocycles. The smallest absolute Gasteiger partial charge is 0.255 e. The molecule has 0 bridgehead atoms. The van der Waals surface area contributed by atoms with Crippen molar-refractivity contribution in [3.63, 3.8) is 0 Å². The Labute approximate surface area is 160 Å². The molecule has 142 valence electrons.